The molecule has 1 amide bonds. The molecule has 1 aliphatic carbocycles. The van der Waals surface area contributed by atoms with Crippen molar-refractivity contribution in [2.24, 2.45) is 0 Å². The van der Waals surface area contributed by atoms with Crippen LogP contribution in [0.3, 0.4) is 0 Å². The zero-order chi connectivity index (χ0) is 12.7. The van der Waals surface area contributed by atoms with Gasteiger partial charge >= 0.3 is 0 Å². The van der Waals surface area contributed by atoms with Crippen LogP contribution in [-0.2, 0) is 0 Å². The minimum absolute atomic E-state index is 0.0314. The molecular weight excluding hydrogens is 226 g/mol. The van der Waals surface area contributed by atoms with Crippen molar-refractivity contribution in [2.75, 3.05) is 0 Å². The highest BCUT2D eigenvalue weighted by Crippen LogP contribution is 2.36. The fourth-order valence-corrected chi connectivity index (χ4v) is 2.89. The molecule has 2 aliphatic rings. The summed E-state index contributed by atoms with van der Waals surface area (Å²) in [5.41, 5.74) is 2.77. The highest BCUT2D eigenvalue weighted by atomic mass is 16.3. The zero-order valence-electron chi connectivity index (χ0n) is 10.5. The molecule has 0 aromatic heterocycles. The van der Waals surface area contributed by atoms with Gasteiger partial charge in [-0.25, -0.2) is 0 Å². The van der Waals surface area contributed by atoms with Crippen molar-refractivity contribution in [1.29, 1.82) is 0 Å². The van der Waals surface area contributed by atoms with Gasteiger partial charge in [0, 0.05) is 17.2 Å². The number of carbonyl (C=O) groups is 1. The maximum atomic E-state index is 12.3. The van der Waals surface area contributed by atoms with Gasteiger partial charge in [0.15, 0.2) is 6.23 Å². The quantitative estimate of drug-likeness (QED) is 0.770. The second kappa shape index (κ2) is 4.25. The van der Waals surface area contributed by atoms with Crippen LogP contribution in [0, 0.1) is 0 Å². The number of nitrogens with zero attached hydrogens (tertiary/aromatic N) is 1. The maximum Gasteiger partial charge on any atom is 0.256 e. The van der Waals surface area contributed by atoms with Gasteiger partial charge in [0.2, 0.25) is 0 Å². The Kier molecular flexibility index (Phi) is 2.71. The van der Waals surface area contributed by atoms with Crippen LogP contribution in [-0.4, -0.2) is 22.0 Å². The molecule has 2 atom stereocenters. The van der Waals surface area contributed by atoms with Crippen LogP contribution in [0.4, 0.5) is 0 Å². The minimum Gasteiger partial charge on any atom is -0.369 e. The minimum atomic E-state index is -0.773. The summed E-state index contributed by atoms with van der Waals surface area (Å²) in [6.07, 6.45) is 4.21. The number of rotatable bonds is 1. The van der Waals surface area contributed by atoms with Crippen LogP contribution in [0.5, 0.6) is 0 Å². The molecule has 18 heavy (non-hydrogen) atoms. The van der Waals surface area contributed by atoms with Crippen LogP contribution in [0.15, 0.2) is 35.9 Å². The molecule has 2 unspecified atom stereocenters. The topological polar surface area (TPSA) is 40.5 Å². The highest BCUT2D eigenvalue weighted by Gasteiger charge is 2.39. The molecule has 0 saturated carbocycles. The monoisotopic (exact) mass is 243 g/mol. The first-order chi connectivity index (χ1) is 8.68. The number of aliphatic hydroxyl groups excluding tert-OH is 1. The van der Waals surface area contributed by atoms with Gasteiger partial charge in [-0.2, -0.15) is 0 Å². The molecule has 0 fully saturated rings. The van der Waals surface area contributed by atoms with Gasteiger partial charge in [0.25, 0.3) is 5.91 Å². The molecule has 0 saturated heterocycles. The summed E-state index contributed by atoms with van der Waals surface area (Å²) in [7, 11) is 0. The lowest BCUT2D eigenvalue weighted by Crippen LogP contribution is -2.39. The van der Waals surface area contributed by atoms with E-state index in [2.05, 4.69) is 13.0 Å². The Balaban J connectivity index is 1.90. The standard InChI is InChI=1S/C15H17NO2/c1-10-6-8-11(9-7-10)16-14(17)12-4-2-3-5-13(12)15(16)18/h2-6,11,14,17H,7-9H2,1H3. The Morgan fingerprint density at radius 1 is 1.33 bits per heavy atom. The smallest absolute Gasteiger partial charge is 0.256 e. The lowest BCUT2D eigenvalue weighted by Gasteiger charge is -2.32. The van der Waals surface area contributed by atoms with E-state index in [1.54, 1.807) is 11.0 Å². The summed E-state index contributed by atoms with van der Waals surface area (Å²) in [6.45, 7) is 2.12. The van der Waals surface area contributed by atoms with Crippen molar-refractivity contribution in [3.05, 3.63) is 47.0 Å². The lowest BCUT2D eigenvalue weighted by atomic mass is 9.95. The number of allylic oxidation sites excluding steroid dienone is 1. The summed E-state index contributed by atoms with van der Waals surface area (Å²) in [6, 6.07) is 7.47. The molecule has 3 nitrogen and oxygen atoms in total. The molecule has 1 aromatic rings. The molecule has 1 N–H and O–H groups in total. The second-order valence-corrected chi connectivity index (χ2v) is 5.15. The number of carbonyl (C=O) groups excluding carboxylic acids is 1. The number of hydrogen-bond donors (Lipinski definition) is 1. The van der Waals surface area contributed by atoms with Crippen molar-refractivity contribution < 1.29 is 9.90 Å². The molecule has 0 bridgehead atoms. The third-order valence-corrected chi connectivity index (χ3v) is 3.97. The van der Waals surface area contributed by atoms with E-state index >= 15 is 0 Å². The van der Waals surface area contributed by atoms with E-state index in [1.165, 1.54) is 5.57 Å². The molecule has 3 rings (SSSR count). The molecule has 3 heteroatoms. The van der Waals surface area contributed by atoms with Gasteiger partial charge in [0.05, 0.1) is 0 Å². The maximum absolute atomic E-state index is 12.3. The Morgan fingerprint density at radius 2 is 2.11 bits per heavy atom. The SMILES string of the molecule is CC1=CCC(N2C(=O)c3ccccc3C2O)CC1. The summed E-state index contributed by atoms with van der Waals surface area (Å²) in [5, 5.41) is 10.3. The summed E-state index contributed by atoms with van der Waals surface area (Å²) in [4.78, 5) is 14.0. The first-order valence-electron chi connectivity index (χ1n) is 6.44. The zero-order valence-corrected chi connectivity index (χ0v) is 10.5. The molecule has 1 aromatic carbocycles. The highest BCUT2D eigenvalue weighted by molar-refractivity contribution is 5.99. The Hall–Kier alpha value is -1.61. The third kappa shape index (κ3) is 1.66. The van der Waals surface area contributed by atoms with Gasteiger partial charge in [-0.1, -0.05) is 29.8 Å². The predicted molar refractivity (Wildman–Crippen MR) is 69.0 cm³/mol. The van der Waals surface area contributed by atoms with E-state index < -0.39 is 6.23 Å². The van der Waals surface area contributed by atoms with E-state index in [4.69, 9.17) is 0 Å². The number of amides is 1. The average Bonchev–Trinajstić information content (AvgIpc) is 2.64. The molecule has 1 heterocycles. The molecule has 0 spiro atoms. The van der Waals surface area contributed by atoms with Gasteiger partial charge in [-0.05, 0) is 32.3 Å². The van der Waals surface area contributed by atoms with Crippen LogP contribution < -0.4 is 0 Å². The molecule has 1 aliphatic heterocycles. The van der Waals surface area contributed by atoms with Crippen LogP contribution >= 0.6 is 0 Å². The van der Waals surface area contributed by atoms with Crippen molar-refractivity contribution in [1.82, 2.24) is 4.90 Å². The molecule has 94 valence electrons. The predicted octanol–water partition coefficient (Wildman–Crippen LogP) is 2.63. The number of benzene rings is 1. The lowest BCUT2D eigenvalue weighted by molar-refractivity contribution is -0.00524. The normalized spacial score (nSPS) is 27.1. The summed E-state index contributed by atoms with van der Waals surface area (Å²) >= 11 is 0. The van der Waals surface area contributed by atoms with E-state index in [0.29, 0.717) is 5.56 Å². The Labute approximate surface area is 107 Å². The van der Waals surface area contributed by atoms with Crippen molar-refractivity contribution in [3.63, 3.8) is 0 Å². The van der Waals surface area contributed by atoms with Crippen molar-refractivity contribution in [3.8, 4) is 0 Å². The van der Waals surface area contributed by atoms with Gasteiger partial charge in [-0.15, -0.1) is 0 Å². The third-order valence-electron chi connectivity index (χ3n) is 3.97. The Morgan fingerprint density at radius 3 is 2.78 bits per heavy atom. The summed E-state index contributed by atoms with van der Waals surface area (Å²) < 4.78 is 0. The van der Waals surface area contributed by atoms with E-state index in [0.717, 1.165) is 24.8 Å². The number of hydrogen-bond acceptors (Lipinski definition) is 2. The largest absolute Gasteiger partial charge is 0.369 e. The fourth-order valence-electron chi connectivity index (χ4n) is 2.89. The van der Waals surface area contributed by atoms with Crippen molar-refractivity contribution >= 4 is 5.91 Å². The molecular formula is C15H17NO2. The second-order valence-electron chi connectivity index (χ2n) is 5.15. The van der Waals surface area contributed by atoms with Gasteiger partial charge in [0.1, 0.15) is 0 Å². The van der Waals surface area contributed by atoms with Crippen LogP contribution in [0.1, 0.15) is 48.3 Å². The summed E-state index contributed by atoms with van der Waals surface area (Å²) in [5.74, 6) is -0.0314. The van der Waals surface area contributed by atoms with E-state index in [1.807, 2.05) is 18.2 Å². The fraction of sp³-hybridized carbons (Fsp3) is 0.400. The van der Waals surface area contributed by atoms with Gasteiger partial charge < -0.3 is 10.0 Å². The molecule has 0 radical (unpaired) electrons. The first-order valence-corrected chi connectivity index (χ1v) is 6.44. The van der Waals surface area contributed by atoms with Crippen LogP contribution in [0.2, 0.25) is 0 Å². The van der Waals surface area contributed by atoms with Crippen molar-refractivity contribution in [2.45, 2.75) is 38.5 Å². The van der Waals surface area contributed by atoms with E-state index in [-0.39, 0.29) is 11.9 Å². The Bertz CT molecular complexity index is 521. The van der Waals surface area contributed by atoms with Crippen LogP contribution in [0.25, 0.3) is 0 Å². The average molecular weight is 243 g/mol. The number of aliphatic hydroxyl groups is 1. The number of fused-ring (bicyclic) bond motifs is 1. The van der Waals surface area contributed by atoms with Gasteiger partial charge in [-0.3, -0.25) is 4.79 Å². The van der Waals surface area contributed by atoms with E-state index in [9.17, 15) is 9.90 Å². The first kappa shape index (κ1) is 11.5.